The summed E-state index contributed by atoms with van der Waals surface area (Å²) in [5.41, 5.74) is 2.94. The predicted octanol–water partition coefficient (Wildman–Crippen LogP) is 0.485. The molecule has 11 heteroatoms. The molecule has 2 fully saturated rings. The van der Waals surface area contributed by atoms with Crippen LogP contribution in [0.1, 0.15) is 0 Å². The molecular formula is C29H39N7O4. The molecule has 2 aliphatic rings. The smallest absolute Gasteiger partial charge is 0.238 e. The van der Waals surface area contributed by atoms with Crippen LogP contribution in [-0.4, -0.2) is 138 Å². The minimum absolute atomic E-state index is 0.0597. The molecule has 0 saturated carbocycles. The third-order valence-electron chi connectivity index (χ3n) is 7.68. The maximum Gasteiger partial charge on any atom is 0.238 e. The molecule has 0 bridgehead atoms. The molecule has 2 saturated heterocycles. The Kier molecular flexibility index (Phi) is 9.53. The van der Waals surface area contributed by atoms with Gasteiger partial charge in [0.2, 0.25) is 11.8 Å². The van der Waals surface area contributed by atoms with Crippen molar-refractivity contribution < 1.29 is 19.8 Å². The van der Waals surface area contributed by atoms with Gasteiger partial charge in [0.25, 0.3) is 0 Å². The number of amides is 2. The minimum atomic E-state index is -0.0597. The van der Waals surface area contributed by atoms with Gasteiger partial charge < -0.3 is 20.8 Å². The molecular weight excluding hydrogens is 510 g/mol. The van der Waals surface area contributed by atoms with Crippen molar-refractivity contribution in [1.29, 1.82) is 0 Å². The van der Waals surface area contributed by atoms with E-state index >= 15 is 0 Å². The maximum atomic E-state index is 12.7. The van der Waals surface area contributed by atoms with E-state index in [1.54, 1.807) is 0 Å². The van der Waals surface area contributed by atoms with Gasteiger partial charge >= 0.3 is 0 Å². The van der Waals surface area contributed by atoms with E-state index in [1.807, 2.05) is 36.4 Å². The zero-order valence-electron chi connectivity index (χ0n) is 22.9. The molecule has 0 aliphatic carbocycles. The van der Waals surface area contributed by atoms with Crippen molar-refractivity contribution in [3.05, 3.63) is 42.5 Å². The number of pyridine rings is 1. The Balaban J connectivity index is 1.18. The van der Waals surface area contributed by atoms with Crippen LogP contribution in [0.25, 0.3) is 21.8 Å². The van der Waals surface area contributed by atoms with E-state index in [2.05, 4.69) is 36.3 Å². The lowest BCUT2D eigenvalue weighted by Gasteiger charge is -2.33. The van der Waals surface area contributed by atoms with Crippen LogP contribution < -0.4 is 10.6 Å². The molecule has 2 amide bonds. The number of carbonyl (C=O) groups excluding carboxylic acids is 2. The summed E-state index contributed by atoms with van der Waals surface area (Å²) in [7, 11) is 0. The summed E-state index contributed by atoms with van der Waals surface area (Å²) in [5, 5.41) is 26.2. The first kappa shape index (κ1) is 28.3. The van der Waals surface area contributed by atoms with E-state index in [-0.39, 0.29) is 25.0 Å². The van der Waals surface area contributed by atoms with Gasteiger partial charge in [0.15, 0.2) is 0 Å². The number of nitrogens with one attached hydrogen (secondary N) is 2. The summed E-state index contributed by atoms with van der Waals surface area (Å²) >= 11 is 0. The number of benzene rings is 2. The number of aromatic nitrogens is 1. The van der Waals surface area contributed by atoms with Gasteiger partial charge in [0.1, 0.15) is 0 Å². The van der Waals surface area contributed by atoms with Crippen LogP contribution in [0.4, 0.5) is 11.4 Å². The second-order valence-corrected chi connectivity index (χ2v) is 10.6. The van der Waals surface area contributed by atoms with Gasteiger partial charge in [-0.1, -0.05) is 12.1 Å². The van der Waals surface area contributed by atoms with Crippen molar-refractivity contribution in [3.63, 3.8) is 0 Å². The van der Waals surface area contributed by atoms with Crippen molar-refractivity contribution >= 4 is 45.0 Å². The second-order valence-electron chi connectivity index (χ2n) is 10.6. The van der Waals surface area contributed by atoms with E-state index in [0.717, 1.165) is 74.2 Å². The number of hydrogen-bond acceptors (Lipinski definition) is 9. The first-order valence-electron chi connectivity index (χ1n) is 14.0. The molecule has 214 valence electrons. The number of aliphatic hydroxyl groups excluding tert-OH is 2. The summed E-state index contributed by atoms with van der Waals surface area (Å²) in [5.74, 6) is -0.119. The van der Waals surface area contributed by atoms with Gasteiger partial charge in [-0.25, -0.2) is 4.98 Å². The number of fused-ring (bicyclic) bond motifs is 2. The van der Waals surface area contributed by atoms with Crippen molar-refractivity contribution in [2.24, 2.45) is 0 Å². The zero-order valence-corrected chi connectivity index (χ0v) is 22.9. The van der Waals surface area contributed by atoms with Crippen LogP contribution in [0.2, 0.25) is 0 Å². The van der Waals surface area contributed by atoms with E-state index in [1.165, 1.54) is 0 Å². The Morgan fingerprint density at radius 1 is 0.625 bits per heavy atom. The molecule has 0 radical (unpaired) electrons. The van der Waals surface area contributed by atoms with Gasteiger partial charge in [0, 0.05) is 87.6 Å². The third kappa shape index (κ3) is 7.51. The molecule has 40 heavy (non-hydrogen) atoms. The fourth-order valence-electron chi connectivity index (χ4n) is 5.41. The number of carbonyl (C=O) groups is 2. The number of aliphatic hydroxyl groups is 2. The van der Waals surface area contributed by atoms with Crippen molar-refractivity contribution in [2.45, 2.75) is 0 Å². The van der Waals surface area contributed by atoms with E-state index in [9.17, 15) is 9.59 Å². The Morgan fingerprint density at radius 2 is 1.02 bits per heavy atom. The molecule has 0 atom stereocenters. The average Bonchev–Trinajstić information content (AvgIpc) is 2.94. The van der Waals surface area contributed by atoms with E-state index in [0.29, 0.717) is 37.6 Å². The third-order valence-corrected chi connectivity index (χ3v) is 7.68. The van der Waals surface area contributed by atoms with Gasteiger partial charge in [0.05, 0.1) is 37.3 Å². The largest absolute Gasteiger partial charge is 0.395 e. The highest BCUT2D eigenvalue weighted by Crippen LogP contribution is 2.25. The SMILES string of the molecule is O=C(CN1CCN(CCO)CC1)Nc1ccc2cc3ccc(NC(=O)CN4CCN(CCO)CC4)cc3nc2c1. The average molecular weight is 550 g/mol. The van der Waals surface area contributed by atoms with Crippen molar-refractivity contribution in [2.75, 3.05) is 102 Å². The maximum absolute atomic E-state index is 12.7. The van der Waals surface area contributed by atoms with Gasteiger partial charge in [-0.3, -0.25) is 29.2 Å². The number of β-amino-alcohol motifs (C(OH)–C–C–N with tert-alkyl or cyclic N) is 2. The summed E-state index contributed by atoms with van der Waals surface area (Å²) in [6, 6.07) is 13.5. The van der Waals surface area contributed by atoms with Crippen LogP contribution in [0.5, 0.6) is 0 Å². The number of piperazine rings is 2. The summed E-state index contributed by atoms with van der Waals surface area (Å²) in [6.07, 6.45) is 0. The Bertz CT molecular complexity index is 1220. The van der Waals surface area contributed by atoms with Crippen LogP contribution in [-0.2, 0) is 9.59 Å². The highest BCUT2D eigenvalue weighted by atomic mass is 16.3. The summed E-state index contributed by atoms with van der Waals surface area (Å²) in [4.78, 5) is 38.9. The molecule has 5 rings (SSSR count). The number of nitrogens with zero attached hydrogens (tertiary/aromatic N) is 5. The lowest BCUT2D eigenvalue weighted by atomic mass is 10.1. The number of rotatable bonds is 10. The topological polar surface area (TPSA) is 125 Å². The molecule has 2 aromatic carbocycles. The Morgan fingerprint density at radius 3 is 1.43 bits per heavy atom. The molecule has 3 heterocycles. The van der Waals surface area contributed by atoms with E-state index in [4.69, 9.17) is 15.2 Å². The van der Waals surface area contributed by atoms with Gasteiger partial charge in [-0.2, -0.15) is 0 Å². The van der Waals surface area contributed by atoms with Crippen LogP contribution >= 0.6 is 0 Å². The minimum Gasteiger partial charge on any atom is -0.395 e. The first-order valence-corrected chi connectivity index (χ1v) is 14.0. The monoisotopic (exact) mass is 549 g/mol. The fraction of sp³-hybridized carbons (Fsp3) is 0.483. The van der Waals surface area contributed by atoms with Gasteiger partial charge in [-0.05, 0) is 30.3 Å². The van der Waals surface area contributed by atoms with Gasteiger partial charge in [-0.15, -0.1) is 0 Å². The number of hydrogen-bond donors (Lipinski definition) is 4. The number of anilines is 2. The van der Waals surface area contributed by atoms with Crippen molar-refractivity contribution in [3.8, 4) is 0 Å². The lowest BCUT2D eigenvalue weighted by molar-refractivity contribution is -0.118. The first-order chi connectivity index (χ1) is 19.5. The summed E-state index contributed by atoms with van der Waals surface area (Å²) in [6.45, 7) is 8.96. The van der Waals surface area contributed by atoms with Crippen LogP contribution in [0.3, 0.4) is 0 Å². The molecule has 0 spiro atoms. The van der Waals surface area contributed by atoms with Crippen LogP contribution in [0.15, 0.2) is 42.5 Å². The fourth-order valence-corrected chi connectivity index (χ4v) is 5.41. The Labute approximate surface area is 234 Å². The molecule has 1 aromatic heterocycles. The van der Waals surface area contributed by atoms with Crippen molar-refractivity contribution in [1.82, 2.24) is 24.6 Å². The molecule has 11 nitrogen and oxygen atoms in total. The highest BCUT2D eigenvalue weighted by Gasteiger charge is 2.20. The standard InChI is InChI=1S/C29H39N7O4/c37-15-13-33-5-9-35(10-6-33)20-28(39)30-24-3-1-22-17-23-2-4-25(19-27(23)32-26(22)18-24)31-29(40)21-36-11-7-34(8-12-36)14-16-38/h1-4,17-19,37-38H,5-16,20-21H2,(H,30,39)(H,31,40). The highest BCUT2D eigenvalue weighted by molar-refractivity contribution is 5.99. The Hall–Kier alpha value is -3.19. The normalized spacial score (nSPS) is 17.9. The molecule has 2 aliphatic heterocycles. The zero-order chi connectivity index (χ0) is 27.9. The van der Waals surface area contributed by atoms with Crippen LogP contribution in [0, 0.1) is 0 Å². The predicted molar refractivity (Wildman–Crippen MR) is 156 cm³/mol. The molecule has 4 N–H and O–H groups in total. The summed E-state index contributed by atoms with van der Waals surface area (Å²) < 4.78 is 0. The quantitative estimate of drug-likeness (QED) is 0.268. The molecule has 0 unspecified atom stereocenters. The lowest BCUT2D eigenvalue weighted by Crippen LogP contribution is -2.49. The van der Waals surface area contributed by atoms with E-state index < -0.39 is 0 Å². The molecule has 3 aromatic rings. The second kappa shape index (κ2) is 13.4.